The molecule has 6 heteroatoms. The molecule has 1 aromatic carbocycles. The molecular weight excluding hydrogens is 314 g/mol. The Kier molecular flexibility index (Phi) is 4.72. The Morgan fingerprint density at radius 2 is 2.16 bits per heavy atom. The molecule has 0 spiro atoms. The minimum absolute atomic E-state index is 0.385. The van der Waals surface area contributed by atoms with Crippen molar-refractivity contribution in [1.29, 1.82) is 0 Å². The van der Waals surface area contributed by atoms with E-state index in [0.717, 1.165) is 56.2 Å². The highest BCUT2D eigenvalue weighted by Gasteiger charge is 2.24. The van der Waals surface area contributed by atoms with Gasteiger partial charge < -0.3 is 9.30 Å². The highest BCUT2D eigenvalue weighted by atomic mass is 16.5. The van der Waals surface area contributed by atoms with Crippen molar-refractivity contribution in [3.05, 3.63) is 54.4 Å². The SMILES string of the molecule is Cn1c(CN2CCOCC2CCc2cnccn2)nc2ccccc21. The Bertz CT molecular complexity index is 832. The summed E-state index contributed by atoms with van der Waals surface area (Å²) in [6.45, 7) is 3.34. The van der Waals surface area contributed by atoms with Crippen LogP contribution >= 0.6 is 0 Å². The quantitative estimate of drug-likeness (QED) is 0.714. The van der Waals surface area contributed by atoms with Gasteiger partial charge in [0.1, 0.15) is 5.82 Å². The number of imidazole rings is 1. The molecule has 0 N–H and O–H groups in total. The van der Waals surface area contributed by atoms with E-state index in [1.807, 2.05) is 12.3 Å². The van der Waals surface area contributed by atoms with Gasteiger partial charge in [-0.05, 0) is 25.0 Å². The molecule has 25 heavy (non-hydrogen) atoms. The molecule has 1 aliphatic heterocycles. The van der Waals surface area contributed by atoms with Crippen molar-refractivity contribution in [2.75, 3.05) is 19.8 Å². The molecule has 0 saturated carbocycles. The second-order valence-corrected chi connectivity index (χ2v) is 6.51. The van der Waals surface area contributed by atoms with Gasteiger partial charge in [0, 0.05) is 38.2 Å². The van der Waals surface area contributed by atoms with Crippen LogP contribution in [0.3, 0.4) is 0 Å². The Morgan fingerprint density at radius 3 is 3.00 bits per heavy atom. The van der Waals surface area contributed by atoms with E-state index in [-0.39, 0.29) is 0 Å². The average Bonchev–Trinajstić information content (AvgIpc) is 2.98. The van der Waals surface area contributed by atoms with E-state index < -0.39 is 0 Å². The van der Waals surface area contributed by atoms with Crippen molar-refractivity contribution >= 4 is 11.0 Å². The monoisotopic (exact) mass is 337 g/mol. The third kappa shape index (κ3) is 3.55. The van der Waals surface area contributed by atoms with Gasteiger partial charge in [-0.15, -0.1) is 0 Å². The van der Waals surface area contributed by atoms with Crippen molar-refractivity contribution < 1.29 is 4.74 Å². The number of ether oxygens (including phenoxy) is 1. The van der Waals surface area contributed by atoms with E-state index in [4.69, 9.17) is 9.72 Å². The van der Waals surface area contributed by atoms with Crippen LogP contribution in [0.15, 0.2) is 42.9 Å². The van der Waals surface area contributed by atoms with Crippen LogP contribution < -0.4 is 0 Å². The van der Waals surface area contributed by atoms with Gasteiger partial charge >= 0.3 is 0 Å². The topological polar surface area (TPSA) is 56.1 Å². The molecule has 1 aliphatic rings. The zero-order chi connectivity index (χ0) is 17.1. The number of hydrogen-bond acceptors (Lipinski definition) is 5. The van der Waals surface area contributed by atoms with Gasteiger partial charge in [-0.2, -0.15) is 0 Å². The van der Waals surface area contributed by atoms with Crippen LogP contribution in [0.1, 0.15) is 17.9 Å². The number of nitrogens with zero attached hydrogens (tertiary/aromatic N) is 5. The molecule has 130 valence electrons. The zero-order valence-corrected chi connectivity index (χ0v) is 14.5. The van der Waals surface area contributed by atoms with E-state index in [1.54, 1.807) is 12.4 Å². The van der Waals surface area contributed by atoms with Crippen LogP contribution in [-0.4, -0.2) is 50.2 Å². The van der Waals surface area contributed by atoms with Crippen molar-refractivity contribution in [3.63, 3.8) is 0 Å². The standard InChI is InChI=1S/C19H23N5O/c1-23-18-5-3-2-4-17(18)22-19(23)13-24-10-11-25-14-16(24)7-6-15-12-20-8-9-21-15/h2-5,8-9,12,16H,6-7,10-11,13-14H2,1H3. The van der Waals surface area contributed by atoms with Gasteiger partial charge in [-0.1, -0.05) is 12.1 Å². The number of aromatic nitrogens is 4. The minimum atomic E-state index is 0.385. The predicted octanol–water partition coefficient (Wildman–Crippen LogP) is 2.20. The number of rotatable bonds is 5. The lowest BCUT2D eigenvalue weighted by atomic mass is 10.1. The molecule has 0 radical (unpaired) electrons. The van der Waals surface area contributed by atoms with Crippen molar-refractivity contribution in [3.8, 4) is 0 Å². The summed E-state index contributed by atoms with van der Waals surface area (Å²) < 4.78 is 7.92. The first-order chi connectivity index (χ1) is 12.3. The summed E-state index contributed by atoms with van der Waals surface area (Å²) in [5.41, 5.74) is 3.28. The maximum Gasteiger partial charge on any atom is 0.123 e. The third-order valence-corrected chi connectivity index (χ3v) is 4.92. The van der Waals surface area contributed by atoms with E-state index in [0.29, 0.717) is 6.04 Å². The number of hydrogen-bond donors (Lipinski definition) is 0. The fourth-order valence-electron chi connectivity index (χ4n) is 3.46. The highest BCUT2D eigenvalue weighted by molar-refractivity contribution is 5.75. The largest absolute Gasteiger partial charge is 0.378 e. The van der Waals surface area contributed by atoms with Gasteiger partial charge in [-0.3, -0.25) is 14.9 Å². The molecule has 1 atom stereocenters. The maximum atomic E-state index is 5.72. The lowest BCUT2D eigenvalue weighted by molar-refractivity contribution is -0.0158. The van der Waals surface area contributed by atoms with Gasteiger partial charge in [0.15, 0.2) is 0 Å². The number of aryl methyl sites for hydroxylation is 2. The summed E-state index contributed by atoms with van der Waals surface area (Å²) in [5, 5.41) is 0. The molecule has 0 bridgehead atoms. The normalized spacial score (nSPS) is 18.7. The lowest BCUT2D eigenvalue weighted by Crippen LogP contribution is -2.45. The van der Waals surface area contributed by atoms with Gasteiger partial charge in [0.2, 0.25) is 0 Å². The molecular formula is C19H23N5O. The van der Waals surface area contributed by atoms with E-state index in [2.05, 4.69) is 44.7 Å². The summed E-state index contributed by atoms with van der Waals surface area (Å²) in [5.74, 6) is 1.10. The summed E-state index contributed by atoms with van der Waals surface area (Å²) in [4.78, 5) is 15.8. The van der Waals surface area contributed by atoms with E-state index in [9.17, 15) is 0 Å². The maximum absolute atomic E-state index is 5.72. The van der Waals surface area contributed by atoms with Gasteiger partial charge in [0.05, 0.1) is 36.5 Å². The lowest BCUT2D eigenvalue weighted by Gasteiger charge is -2.35. The first kappa shape index (κ1) is 16.2. The number of para-hydroxylation sites is 2. The van der Waals surface area contributed by atoms with Crippen molar-refractivity contribution in [2.24, 2.45) is 7.05 Å². The minimum Gasteiger partial charge on any atom is -0.378 e. The highest BCUT2D eigenvalue weighted by Crippen LogP contribution is 2.19. The number of fused-ring (bicyclic) bond motifs is 1. The summed E-state index contributed by atoms with van der Waals surface area (Å²) in [7, 11) is 2.10. The van der Waals surface area contributed by atoms with E-state index >= 15 is 0 Å². The van der Waals surface area contributed by atoms with Crippen LogP contribution in [0.25, 0.3) is 11.0 Å². The Labute approximate surface area is 147 Å². The molecule has 1 saturated heterocycles. The molecule has 1 fully saturated rings. The van der Waals surface area contributed by atoms with Crippen molar-refractivity contribution in [1.82, 2.24) is 24.4 Å². The van der Waals surface area contributed by atoms with Gasteiger partial charge in [0.25, 0.3) is 0 Å². The fourth-order valence-corrected chi connectivity index (χ4v) is 3.46. The van der Waals surface area contributed by atoms with E-state index in [1.165, 1.54) is 5.52 Å². The average molecular weight is 337 g/mol. The molecule has 6 nitrogen and oxygen atoms in total. The molecule has 0 aliphatic carbocycles. The molecule has 3 aromatic rings. The van der Waals surface area contributed by atoms with Crippen LogP contribution in [0, 0.1) is 0 Å². The molecule has 3 heterocycles. The molecule has 2 aromatic heterocycles. The molecule has 1 unspecified atom stereocenters. The van der Waals surface area contributed by atoms with Crippen LogP contribution in [0.4, 0.5) is 0 Å². The second kappa shape index (κ2) is 7.29. The van der Waals surface area contributed by atoms with Crippen LogP contribution in [-0.2, 0) is 24.8 Å². The Hall–Kier alpha value is -2.31. The summed E-state index contributed by atoms with van der Waals surface area (Å²) in [6.07, 6.45) is 7.25. The van der Waals surface area contributed by atoms with Crippen LogP contribution in [0.5, 0.6) is 0 Å². The van der Waals surface area contributed by atoms with Crippen molar-refractivity contribution in [2.45, 2.75) is 25.4 Å². The smallest absolute Gasteiger partial charge is 0.123 e. The van der Waals surface area contributed by atoms with Gasteiger partial charge in [-0.25, -0.2) is 4.98 Å². The van der Waals surface area contributed by atoms with Crippen LogP contribution in [0.2, 0.25) is 0 Å². The Morgan fingerprint density at radius 1 is 1.24 bits per heavy atom. The third-order valence-electron chi connectivity index (χ3n) is 4.92. The molecule has 4 rings (SSSR count). The predicted molar refractivity (Wildman–Crippen MR) is 96.1 cm³/mol. The number of morpholine rings is 1. The second-order valence-electron chi connectivity index (χ2n) is 6.51. The zero-order valence-electron chi connectivity index (χ0n) is 14.5. The summed E-state index contributed by atoms with van der Waals surface area (Å²) in [6, 6.07) is 8.68. The fraction of sp³-hybridized carbons (Fsp3) is 0.421. The Balaban J connectivity index is 1.47. The first-order valence-corrected chi connectivity index (χ1v) is 8.78. The first-order valence-electron chi connectivity index (χ1n) is 8.78. The number of benzene rings is 1. The summed E-state index contributed by atoms with van der Waals surface area (Å²) >= 11 is 0. The molecule has 0 amide bonds.